The van der Waals surface area contributed by atoms with E-state index in [9.17, 15) is 14.7 Å². The summed E-state index contributed by atoms with van der Waals surface area (Å²) >= 11 is 0. The normalized spacial score (nSPS) is 10.2. The van der Waals surface area contributed by atoms with Crippen molar-refractivity contribution >= 4 is 11.9 Å². The smallest absolute Gasteiger partial charge is 0.311 e. The van der Waals surface area contributed by atoms with Crippen molar-refractivity contribution < 1.29 is 24.5 Å². The molecule has 0 spiro atoms. The van der Waals surface area contributed by atoms with E-state index >= 15 is 0 Å². The number of carboxylic acid groups (broad SMARTS) is 1. The Balaban J connectivity index is 2.42. The van der Waals surface area contributed by atoms with Crippen molar-refractivity contribution in [3.63, 3.8) is 0 Å². The molecular weight excluding hydrogens is 344 g/mol. The van der Waals surface area contributed by atoms with E-state index < -0.39 is 11.9 Å². The summed E-state index contributed by atoms with van der Waals surface area (Å²) in [7, 11) is 0. The second kappa shape index (κ2) is 9.38. The molecule has 0 radical (unpaired) electrons. The molecular formula is C22H22O5. The Labute approximate surface area is 158 Å². The molecule has 0 atom stereocenters. The monoisotopic (exact) mass is 366 g/mol. The summed E-state index contributed by atoms with van der Waals surface area (Å²) in [6.07, 6.45) is 4.13. The molecule has 2 aromatic carbocycles. The number of aliphatic carboxylic acids is 1. The van der Waals surface area contributed by atoms with Gasteiger partial charge in [0.05, 0.1) is 12.8 Å². The fraction of sp³-hybridized carbons (Fsp3) is 0.182. The molecule has 0 amide bonds. The molecule has 0 aliphatic heterocycles. The predicted octanol–water partition coefficient (Wildman–Crippen LogP) is 4.29. The van der Waals surface area contributed by atoms with E-state index in [1.54, 1.807) is 30.4 Å². The third-order valence-corrected chi connectivity index (χ3v) is 3.95. The first-order valence-electron chi connectivity index (χ1n) is 8.54. The minimum absolute atomic E-state index is 0.167. The number of phenolic OH excluding ortho intramolecular Hbond substituents is 1. The fourth-order valence-corrected chi connectivity index (χ4v) is 2.64. The van der Waals surface area contributed by atoms with Crippen LogP contribution in [0.2, 0.25) is 0 Å². The average Bonchev–Trinajstić information content (AvgIpc) is 2.63. The van der Waals surface area contributed by atoms with Crippen LogP contribution in [0.25, 0.3) is 11.1 Å². The number of carbonyl (C=O) groups is 2. The number of hydrogen-bond acceptors (Lipinski definition) is 4. The Kier molecular flexibility index (Phi) is 6.94. The van der Waals surface area contributed by atoms with E-state index in [1.165, 1.54) is 0 Å². The lowest BCUT2D eigenvalue weighted by Gasteiger charge is -2.13. The highest BCUT2D eigenvalue weighted by atomic mass is 16.5. The van der Waals surface area contributed by atoms with Crippen molar-refractivity contribution in [3.05, 3.63) is 72.8 Å². The zero-order valence-electron chi connectivity index (χ0n) is 15.0. The van der Waals surface area contributed by atoms with Crippen LogP contribution in [-0.4, -0.2) is 22.2 Å². The van der Waals surface area contributed by atoms with Gasteiger partial charge in [0.2, 0.25) is 0 Å². The van der Waals surface area contributed by atoms with Crippen LogP contribution in [0.5, 0.6) is 11.5 Å². The summed E-state index contributed by atoms with van der Waals surface area (Å²) in [6, 6.07) is 10.6. The van der Waals surface area contributed by atoms with Crippen molar-refractivity contribution in [2.75, 3.05) is 0 Å². The van der Waals surface area contributed by atoms with Gasteiger partial charge in [0, 0.05) is 5.56 Å². The SMILES string of the molecule is C=CCc1ccc(OC(=O)CCC(=O)O)c(-c2ccc(O)c(CC=C)c2)c1. The molecule has 2 N–H and O–H groups in total. The van der Waals surface area contributed by atoms with E-state index in [4.69, 9.17) is 9.84 Å². The van der Waals surface area contributed by atoms with Gasteiger partial charge in [-0.25, -0.2) is 0 Å². The number of phenols is 1. The molecule has 140 valence electrons. The first-order valence-corrected chi connectivity index (χ1v) is 8.54. The van der Waals surface area contributed by atoms with Crippen LogP contribution in [-0.2, 0) is 22.4 Å². The quantitative estimate of drug-likeness (QED) is 0.393. The molecule has 0 heterocycles. The second-order valence-electron chi connectivity index (χ2n) is 6.03. The van der Waals surface area contributed by atoms with Crippen LogP contribution in [0.3, 0.4) is 0 Å². The maximum Gasteiger partial charge on any atom is 0.311 e. The van der Waals surface area contributed by atoms with Gasteiger partial charge in [0.1, 0.15) is 11.5 Å². The van der Waals surface area contributed by atoms with Crippen LogP contribution in [0.1, 0.15) is 24.0 Å². The fourth-order valence-electron chi connectivity index (χ4n) is 2.64. The van der Waals surface area contributed by atoms with Gasteiger partial charge < -0.3 is 14.9 Å². The number of ether oxygens (including phenoxy) is 1. The van der Waals surface area contributed by atoms with Gasteiger partial charge >= 0.3 is 11.9 Å². The van der Waals surface area contributed by atoms with Crippen LogP contribution in [0.15, 0.2) is 61.7 Å². The van der Waals surface area contributed by atoms with Gasteiger partial charge in [-0.15, -0.1) is 13.2 Å². The summed E-state index contributed by atoms with van der Waals surface area (Å²) in [6.45, 7) is 7.43. The number of carboxylic acids is 1. The summed E-state index contributed by atoms with van der Waals surface area (Å²) in [5.74, 6) is -1.16. The van der Waals surface area contributed by atoms with Gasteiger partial charge in [-0.05, 0) is 53.8 Å². The van der Waals surface area contributed by atoms with E-state index in [0.717, 1.165) is 11.1 Å². The molecule has 0 aromatic heterocycles. The lowest BCUT2D eigenvalue weighted by Crippen LogP contribution is -2.11. The molecule has 0 aliphatic carbocycles. The summed E-state index contributed by atoms with van der Waals surface area (Å²) < 4.78 is 5.40. The Morgan fingerprint density at radius 1 is 1.00 bits per heavy atom. The molecule has 0 aliphatic rings. The van der Waals surface area contributed by atoms with Crippen molar-refractivity contribution in [1.29, 1.82) is 0 Å². The van der Waals surface area contributed by atoms with Crippen LogP contribution in [0, 0.1) is 0 Å². The van der Waals surface area contributed by atoms with E-state index in [1.807, 2.05) is 18.2 Å². The number of hydrogen-bond donors (Lipinski definition) is 2. The number of benzene rings is 2. The van der Waals surface area contributed by atoms with Crippen molar-refractivity contribution in [1.82, 2.24) is 0 Å². The third-order valence-electron chi connectivity index (χ3n) is 3.95. The summed E-state index contributed by atoms with van der Waals surface area (Å²) in [4.78, 5) is 22.6. The van der Waals surface area contributed by atoms with Gasteiger partial charge in [-0.1, -0.05) is 24.3 Å². The largest absolute Gasteiger partial charge is 0.508 e. The lowest BCUT2D eigenvalue weighted by atomic mass is 9.97. The zero-order chi connectivity index (χ0) is 19.8. The standard InChI is InChI=1S/C22H22O5/c1-3-5-15-7-10-20(27-22(26)12-11-21(24)25)18(13-15)16-8-9-19(23)17(14-16)6-4-2/h3-4,7-10,13-14,23H,1-2,5-6,11-12H2,(H,24,25). The summed E-state index contributed by atoms with van der Waals surface area (Å²) in [5, 5.41) is 18.7. The number of aromatic hydroxyl groups is 1. The highest BCUT2D eigenvalue weighted by molar-refractivity contribution is 5.81. The molecule has 0 fully saturated rings. The highest BCUT2D eigenvalue weighted by Gasteiger charge is 2.14. The molecule has 5 nitrogen and oxygen atoms in total. The maximum atomic E-state index is 12.0. The first kappa shape index (κ1) is 20.0. The zero-order valence-corrected chi connectivity index (χ0v) is 15.0. The molecule has 0 saturated heterocycles. The van der Waals surface area contributed by atoms with Crippen LogP contribution < -0.4 is 4.74 Å². The molecule has 0 unspecified atom stereocenters. The van der Waals surface area contributed by atoms with Crippen molar-refractivity contribution in [2.24, 2.45) is 0 Å². The predicted molar refractivity (Wildman–Crippen MR) is 104 cm³/mol. The van der Waals surface area contributed by atoms with E-state index in [0.29, 0.717) is 29.7 Å². The Morgan fingerprint density at radius 2 is 1.74 bits per heavy atom. The summed E-state index contributed by atoms with van der Waals surface area (Å²) in [5.41, 5.74) is 3.16. The number of allylic oxidation sites excluding steroid dienone is 2. The second-order valence-corrected chi connectivity index (χ2v) is 6.03. The number of carbonyl (C=O) groups excluding carboxylic acids is 1. The van der Waals surface area contributed by atoms with Gasteiger partial charge in [0.25, 0.3) is 0 Å². The molecule has 0 bridgehead atoms. The lowest BCUT2D eigenvalue weighted by molar-refractivity contribution is -0.142. The maximum absolute atomic E-state index is 12.0. The van der Waals surface area contributed by atoms with Crippen molar-refractivity contribution in [2.45, 2.75) is 25.7 Å². The topological polar surface area (TPSA) is 83.8 Å². The van der Waals surface area contributed by atoms with Crippen LogP contribution >= 0.6 is 0 Å². The van der Waals surface area contributed by atoms with E-state index in [-0.39, 0.29) is 18.6 Å². The first-order chi connectivity index (χ1) is 12.9. The third kappa shape index (κ3) is 5.57. The van der Waals surface area contributed by atoms with Gasteiger partial charge in [0.15, 0.2) is 0 Å². The van der Waals surface area contributed by atoms with Crippen molar-refractivity contribution in [3.8, 4) is 22.6 Å². The van der Waals surface area contributed by atoms with Crippen LogP contribution in [0.4, 0.5) is 0 Å². The molecule has 2 aromatic rings. The molecule has 2 rings (SSSR count). The minimum Gasteiger partial charge on any atom is -0.508 e. The van der Waals surface area contributed by atoms with E-state index in [2.05, 4.69) is 13.2 Å². The number of esters is 1. The molecule has 5 heteroatoms. The average molecular weight is 366 g/mol. The highest BCUT2D eigenvalue weighted by Crippen LogP contribution is 2.34. The number of rotatable bonds is 9. The Bertz CT molecular complexity index is 867. The Morgan fingerprint density at radius 3 is 2.41 bits per heavy atom. The van der Waals surface area contributed by atoms with Gasteiger partial charge in [-0.3, -0.25) is 9.59 Å². The molecule has 0 saturated carbocycles. The van der Waals surface area contributed by atoms with Gasteiger partial charge in [-0.2, -0.15) is 0 Å². The molecule has 27 heavy (non-hydrogen) atoms. The Hall–Kier alpha value is -3.34. The minimum atomic E-state index is -1.05.